The largest absolute Gasteiger partial charge is 0.465 e. The molecule has 0 saturated carbocycles. The Morgan fingerprint density at radius 1 is 1.14 bits per heavy atom. The molecule has 3 heterocycles. The average molecular weight is 300 g/mol. The highest BCUT2D eigenvalue weighted by Crippen LogP contribution is 2.31. The number of fused-ring (bicyclic) bond motifs is 1. The molecule has 0 unspecified atom stereocenters. The van der Waals surface area contributed by atoms with Gasteiger partial charge in [0, 0.05) is 44.2 Å². The van der Waals surface area contributed by atoms with Gasteiger partial charge in [-0.2, -0.15) is 0 Å². The van der Waals surface area contributed by atoms with Crippen molar-refractivity contribution in [3.63, 3.8) is 0 Å². The summed E-state index contributed by atoms with van der Waals surface area (Å²) in [7, 11) is 0. The summed E-state index contributed by atoms with van der Waals surface area (Å²) in [5, 5.41) is 0. The molecule has 3 aliphatic rings. The van der Waals surface area contributed by atoms with E-state index in [1.807, 2.05) is 17.0 Å². The summed E-state index contributed by atoms with van der Waals surface area (Å²) in [4.78, 5) is 27.5. The van der Waals surface area contributed by atoms with E-state index in [2.05, 4.69) is 17.0 Å². The van der Waals surface area contributed by atoms with Crippen LogP contribution in [0.25, 0.3) is 0 Å². The van der Waals surface area contributed by atoms with E-state index in [9.17, 15) is 9.59 Å². The first-order valence-corrected chi connectivity index (χ1v) is 7.99. The van der Waals surface area contributed by atoms with Gasteiger partial charge in [0.05, 0.1) is 12.5 Å². The van der Waals surface area contributed by atoms with Crippen LogP contribution in [-0.4, -0.2) is 43.0 Å². The Bertz CT molecular complexity index is 598. The molecule has 5 nitrogen and oxygen atoms in total. The van der Waals surface area contributed by atoms with Crippen LogP contribution in [0.5, 0.6) is 0 Å². The SMILES string of the molecule is O=C1OC[C@H]2CN(Cc3ccc(N4CCCC4=O)cc3)C[C@@H]12. The Labute approximate surface area is 129 Å². The van der Waals surface area contributed by atoms with Crippen molar-refractivity contribution in [1.29, 1.82) is 0 Å². The third kappa shape index (κ3) is 2.39. The van der Waals surface area contributed by atoms with Crippen molar-refractivity contribution in [2.45, 2.75) is 19.4 Å². The third-order valence-corrected chi connectivity index (χ3v) is 4.99. The quantitative estimate of drug-likeness (QED) is 0.792. The van der Waals surface area contributed by atoms with Gasteiger partial charge in [0.1, 0.15) is 0 Å². The van der Waals surface area contributed by atoms with Gasteiger partial charge in [0.15, 0.2) is 0 Å². The number of hydrogen-bond donors (Lipinski definition) is 0. The molecule has 3 fully saturated rings. The summed E-state index contributed by atoms with van der Waals surface area (Å²) in [6, 6.07) is 8.24. The van der Waals surface area contributed by atoms with Crippen LogP contribution in [0, 0.1) is 11.8 Å². The second-order valence-corrected chi connectivity index (χ2v) is 6.51. The first-order chi connectivity index (χ1) is 10.7. The smallest absolute Gasteiger partial charge is 0.310 e. The molecular formula is C17H20N2O3. The van der Waals surface area contributed by atoms with Gasteiger partial charge in [-0.05, 0) is 24.1 Å². The van der Waals surface area contributed by atoms with E-state index in [0.717, 1.165) is 38.3 Å². The number of ether oxygens (including phenoxy) is 1. The Kier molecular flexibility index (Phi) is 3.37. The predicted molar refractivity (Wildman–Crippen MR) is 81.2 cm³/mol. The van der Waals surface area contributed by atoms with Crippen molar-refractivity contribution in [2.75, 3.05) is 31.1 Å². The molecule has 1 aromatic carbocycles. The Morgan fingerprint density at radius 2 is 1.95 bits per heavy atom. The molecule has 0 N–H and O–H groups in total. The topological polar surface area (TPSA) is 49.9 Å². The van der Waals surface area contributed by atoms with Gasteiger partial charge in [-0.15, -0.1) is 0 Å². The van der Waals surface area contributed by atoms with Gasteiger partial charge in [-0.1, -0.05) is 12.1 Å². The Balaban J connectivity index is 1.40. The van der Waals surface area contributed by atoms with Crippen LogP contribution >= 0.6 is 0 Å². The summed E-state index contributed by atoms with van der Waals surface area (Å²) in [5.41, 5.74) is 2.22. The van der Waals surface area contributed by atoms with Crippen molar-refractivity contribution < 1.29 is 14.3 Å². The Hall–Kier alpha value is -1.88. The fourth-order valence-corrected chi connectivity index (χ4v) is 3.78. The maximum absolute atomic E-state index is 11.8. The third-order valence-electron chi connectivity index (χ3n) is 4.99. The summed E-state index contributed by atoms with van der Waals surface area (Å²) in [6.45, 7) is 4.00. The van der Waals surface area contributed by atoms with Gasteiger partial charge in [0.25, 0.3) is 0 Å². The summed E-state index contributed by atoms with van der Waals surface area (Å²) >= 11 is 0. The molecule has 0 bridgehead atoms. The van der Waals surface area contributed by atoms with E-state index >= 15 is 0 Å². The van der Waals surface area contributed by atoms with E-state index in [0.29, 0.717) is 18.9 Å². The van der Waals surface area contributed by atoms with Gasteiger partial charge in [-0.3, -0.25) is 14.5 Å². The molecule has 0 aliphatic carbocycles. The molecule has 2 atom stereocenters. The van der Waals surface area contributed by atoms with Crippen LogP contribution in [0.15, 0.2) is 24.3 Å². The van der Waals surface area contributed by atoms with Crippen LogP contribution < -0.4 is 4.90 Å². The summed E-state index contributed by atoms with van der Waals surface area (Å²) < 4.78 is 5.10. The maximum atomic E-state index is 11.8. The van der Waals surface area contributed by atoms with Gasteiger partial charge in [-0.25, -0.2) is 0 Å². The molecule has 4 rings (SSSR count). The zero-order valence-corrected chi connectivity index (χ0v) is 12.5. The highest BCUT2D eigenvalue weighted by atomic mass is 16.5. The van der Waals surface area contributed by atoms with E-state index in [-0.39, 0.29) is 17.8 Å². The number of anilines is 1. The van der Waals surface area contributed by atoms with Crippen LogP contribution in [0.4, 0.5) is 5.69 Å². The number of carbonyl (C=O) groups is 2. The zero-order valence-electron chi connectivity index (χ0n) is 12.5. The summed E-state index contributed by atoms with van der Waals surface area (Å²) in [5.74, 6) is 0.629. The van der Waals surface area contributed by atoms with Crippen LogP contribution in [0.3, 0.4) is 0 Å². The minimum absolute atomic E-state index is 0.0320. The highest BCUT2D eigenvalue weighted by molar-refractivity contribution is 5.95. The number of cyclic esters (lactones) is 1. The van der Waals surface area contributed by atoms with Crippen molar-refractivity contribution in [3.05, 3.63) is 29.8 Å². The fraction of sp³-hybridized carbons (Fsp3) is 0.529. The molecule has 116 valence electrons. The molecule has 0 aromatic heterocycles. The normalized spacial score (nSPS) is 28.3. The number of rotatable bonds is 3. The average Bonchev–Trinajstić information content (AvgIpc) is 3.19. The van der Waals surface area contributed by atoms with E-state index < -0.39 is 0 Å². The van der Waals surface area contributed by atoms with Gasteiger partial charge < -0.3 is 9.64 Å². The molecule has 3 saturated heterocycles. The lowest BCUT2D eigenvalue weighted by atomic mass is 10.0. The van der Waals surface area contributed by atoms with Crippen molar-refractivity contribution >= 4 is 17.6 Å². The second kappa shape index (κ2) is 5.39. The van der Waals surface area contributed by atoms with Gasteiger partial charge >= 0.3 is 5.97 Å². The number of hydrogen-bond acceptors (Lipinski definition) is 4. The van der Waals surface area contributed by atoms with Crippen molar-refractivity contribution in [1.82, 2.24) is 4.90 Å². The molecule has 3 aliphatic heterocycles. The van der Waals surface area contributed by atoms with Crippen LogP contribution in [0.1, 0.15) is 18.4 Å². The van der Waals surface area contributed by atoms with Crippen molar-refractivity contribution in [3.8, 4) is 0 Å². The number of carbonyl (C=O) groups excluding carboxylic acids is 2. The van der Waals surface area contributed by atoms with Crippen LogP contribution in [-0.2, 0) is 20.9 Å². The van der Waals surface area contributed by atoms with Crippen LogP contribution in [0.2, 0.25) is 0 Å². The summed E-state index contributed by atoms with van der Waals surface area (Å²) in [6.07, 6.45) is 1.61. The zero-order chi connectivity index (χ0) is 15.1. The number of likely N-dealkylation sites (tertiary alicyclic amines) is 1. The highest BCUT2D eigenvalue weighted by Gasteiger charge is 2.43. The fourth-order valence-electron chi connectivity index (χ4n) is 3.78. The molecule has 1 amide bonds. The predicted octanol–water partition coefficient (Wildman–Crippen LogP) is 1.42. The molecule has 0 radical (unpaired) electrons. The van der Waals surface area contributed by atoms with E-state index in [1.165, 1.54) is 5.56 Å². The van der Waals surface area contributed by atoms with Gasteiger partial charge in [0.2, 0.25) is 5.91 Å². The monoisotopic (exact) mass is 300 g/mol. The van der Waals surface area contributed by atoms with E-state index in [1.54, 1.807) is 0 Å². The minimum atomic E-state index is -0.0320. The lowest BCUT2D eigenvalue weighted by Crippen LogP contribution is -2.24. The molecule has 0 spiro atoms. The molecule has 1 aromatic rings. The van der Waals surface area contributed by atoms with Crippen molar-refractivity contribution in [2.24, 2.45) is 11.8 Å². The maximum Gasteiger partial charge on any atom is 0.310 e. The van der Waals surface area contributed by atoms with E-state index in [4.69, 9.17) is 4.74 Å². The lowest BCUT2D eigenvalue weighted by molar-refractivity contribution is -0.141. The first-order valence-electron chi connectivity index (χ1n) is 7.99. The standard InChI is InChI=1S/C17H20N2O3/c20-16-2-1-7-19(16)14-5-3-12(4-6-14)8-18-9-13-11-22-17(21)15(13)10-18/h3-6,13,15H,1-2,7-11H2/t13-,15-/m1/s1. The lowest BCUT2D eigenvalue weighted by Gasteiger charge is -2.19. The minimum Gasteiger partial charge on any atom is -0.465 e. The first kappa shape index (κ1) is 13.8. The number of amides is 1. The number of esters is 1. The number of benzene rings is 1. The Morgan fingerprint density at radius 3 is 2.64 bits per heavy atom. The molecular weight excluding hydrogens is 280 g/mol. The second-order valence-electron chi connectivity index (χ2n) is 6.51. The number of nitrogens with zero attached hydrogens (tertiary/aromatic N) is 2. The molecule has 5 heteroatoms. The molecule has 22 heavy (non-hydrogen) atoms.